The van der Waals surface area contributed by atoms with Crippen molar-refractivity contribution in [3.63, 3.8) is 0 Å². The molecule has 2 rings (SSSR count). The van der Waals surface area contributed by atoms with Gasteiger partial charge in [0.1, 0.15) is 6.26 Å². The van der Waals surface area contributed by atoms with Crippen LogP contribution in [-0.4, -0.2) is 48.3 Å². The van der Waals surface area contributed by atoms with Gasteiger partial charge in [-0.25, -0.2) is 0 Å². The van der Waals surface area contributed by atoms with E-state index in [1.807, 2.05) is 6.07 Å². The summed E-state index contributed by atoms with van der Waals surface area (Å²) in [7, 11) is 0. The molecule has 6 nitrogen and oxygen atoms in total. The highest BCUT2D eigenvalue weighted by Gasteiger charge is 2.19. The van der Waals surface area contributed by atoms with Gasteiger partial charge in [-0.2, -0.15) is 0 Å². The Morgan fingerprint density at radius 3 is 3.28 bits per heavy atom. The first-order chi connectivity index (χ1) is 8.74. The second kappa shape index (κ2) is 6.51. The van der Waals surface area contributed by atoms with Gasteiger partial charge in [0.25, 0.3) is 0 Å². The number of hydrogen-bond donors (Lipinski definition) is 1. The zero-order valence-electron chi connectivity index (χ0n) is 10.6. The predicted molar refractivity (Wildman–Crippen MR) is 64.8 cm³/mol. The van der Waals surface area contributed by atoms with Crippen molar-refractivity contribution in [3.8, 4) is 0 Å². The summed E-state index contributed by atoms with van der Waals surface area (Å²) in [6.07, 6.45) is 2.62. The Hall–Kier alpha value is -1.40. The van der Waals surface area contributed by atoms with Crippen molar-refractivity contribution in [2.75, 3.05) is 26.2 Å². The van der Waals surface area contributed by atoms with E-state index in [0.717, 1.165) is 38.4 Å². The number of ether oxygens (including phenoxy) is 1. The van der Waals surface area contributed by atoms with Crippen LogP contribution in [0.3, 0.4) is 0 Å². The molecule has 0 bridgehead atoms. The van der Waals surface area contributed by atoms with Crippen LogP contribution >= 0.6 is 0 Å². The number of nitrogens with one attached hydrogen (secondary N) is 1. The van der Waals surface area contributed by atoms with E-state index in [9.17, 15) is 4.79 Å². The topological polar surface area (TPSA) is 67.6 Å². The number of nitrogens with zero attached hydrogens (tertiary/aromatic N) is 2. The van der Waals surface area contributed by atoms with Crippen molar-refractivity contribution in [3.05, 3.63) is 18.0 Å². The van der Waals surface area contributed by atoms with Gasteiger partial charge in [0.15, 0.2) is 0 Å². The van der Waals surface area contributed by atoms with Gasteiger partial charge in [0.05, 0.1) is 11.8 Å². The smallest absolute Gasteiger partial charge is 0.216 e. The van der Waals surface area contributed by atoms with Gasteiger partial charge in [0, 0.05) is 45.8 Å². The Kier molecular flexibility index (Phi) is 4.72. The summed E-state index contributed by atoms with van der Waals surface area (Å²) >= 11 is 0. The fourth-order valence-electron chi connectivity index (χ4n) is 2.04. The lowest BCUT2D eigenvalue weighted by atomic mass is 10.3. The summed E-state index contributed by atoms with van der Waals surface area (Å²) in [5.41, 5.74) is 0.926. The van der Waals surface area contributed by atoms with E-state index in [0.29, 0.717) is 6.54 Å². The number of aromatic nitrogens is 1. The van der Waals surface area contributed by atoms with Crippen molar-refractivity contribution in [2.45, 2.75) is 26.0 Å². The van der Waals surface area contributed by atoms with Crippen molar-refractivity contribution in [1.29, 1.82) is 0 Å². The molecule has 1 aliphatic rings. The molecular formula is C12H19N3O3. The molecule has 0 spiro atoms. The molecule has 2 heterocycles. The summed E-state index contributed by atoms with van der Waals surface area (Å²) in [5.74, 6) is -0.0223. The van der Waals surface area contributed by atoms with Crippen LogP contribution in [0.15, 0.2) is 16.9 Å². The SMILES string of the molecule is CC(=O)NCC1CN(Cc2ccon2)CCCO1. The lowest BCUT2D eigenvalue weighted by Crippen LogP contribution is -2.39. The maximum atomic E-state index is 10.9. The van der Waals surface area contributed by atoms with Crippen molar-refractivity contribution in [1.82, 2.24) is 15.4 Å². The van der Waals surface area contributed by atoms with E-state index in [1.54, 1.807) is 6.26 Å². The molecule has 1 amide bonds. The number of amides is 1. The lowest BCUT2D eigenvalue weighted by molar-refractivity contribution is -0.119. The standard InChI is InChI=1S/C12H19N3O3/c1-10(16)13-7-12-9-15(4-2-5-17-12)8-11-3-6-18-14-11/h3,6,12H,2,4-5,7-9H2,1H3,(H,13,16). The van der Waals surface area contributed by atoms with Crippen LogP contribution in [0.4, 0.5) is 0 Å². The van der Waals surface area contributed by atoms with E-state index in [4.69, 9.17) is 9.26 Å². The van der Waals surface area contributed by atoms with Crippen molar-refractivity contribution >= 4 is 5.91 Å². The molecule has 6 heteroatoms. The third-order valence-corrected chi connectivity index (χ3v) is 2.89. The highest BCUT2D eigenvalue weighted by molar-refractivity contribution is 5.72. The third kappa shape index (κ3) is 4.12. The molecule has 1 saturated heterocycles. The fraction of sp³-hybridized carbons (Fsp3) is 0.667. The molecule has 1 aromatic rings. The Morgan fingerprint density at radius 1 is 1.67 bits per heavy atom. The lowest BCUT2D eigenvalue weighted by Gasteiger charge is -2.22. The summed E-state index contributed by atoms with van der Waals surface area (Å²) in [4.78, 5) is 13.2. The molecule has 1 fully saturated rings. The highest BCUT2D eigenvalue weighted by Crippen LogP contribution is 2.09. The summed E-state index contributed by atoms with van der Waals surface area (Å²) in [5, 5.41) is 6.71. The van der Waals surface area contributed by atoms with Crippen molar-refractivity contribution < 1.29 is 14.1 Å². The average Bonchev–Trinajstić information content (AvgIpc) is 2.73. The summed E-state index contributed by atoms with van der Waals surface area (Å²) in [6.45, 7) is 5.35. The van der Waals surface area contributed by atoms with E-state index in [-0.39, 0.29) is 12.0 Å². The van der Waals surface area contributed by atoms with Crippen LogP contribution in [0.2, 0.25) is 0 Å². The molecule has 0 aromatic carbocycles. The van der Waals surface area contributed by atoms with E-state index < -0.39 is 0 Å². The molecule has 1 unspecified atom stereocenters. The first-order valence-electron chi connectivity index (χ1n) is 6.21. The Morgan fingerprint density at radius 2 is 2.56 bits per heavy atom. The van der Waals surface area contributed by atoms with Gasteiger partial charge < -0.3 is 14.6 Å². The zero-order valence-corrected chi connectivity index (χ0v) is 10.6. The monoisotopic (exact) mass is 253 g/mol. The van der Waals surface area contributed by atoms with Crippen LogP contribution in [0.25, 0.3) is 0 Å². The largest absolute Gasteiger partial charge is 0.375 e. The quantitative estimate of drug-likeness (QED) is 0.841. The maximum absolute atomic E-state index is 10.9. The second-order valence-electron chi connectivity index (χ2n) is 4.51. The second-order valence-corrected chi connectivity index (χ2v) is 4.51. The van der Waals surface area contributed by atoms with E-state index in [2.05, 4.69) is 15.4 Å². The Balaban J connectivity index is 1.84. The summed E-state index contributed by atoms with van der Waals surface area (Å²) in [6, 6.07) is 1.87. The van der Waals surface area contributed by atoms with Gasteiger partial charge in [-0.15, -0.1) is 0 Å². The van der Waals surface area contributed by atoms with Gasteiger partial charge in [0.2, 0.25) is 5.91 Å². The maximum Gasteiger partial charge on any atom is 0.216 e. The zero-order chi connectivity index (χ0) is 12.8. The molecule has 1 atom stereocenters. The van der Waals surface area contributed by atoms with E-state index in [1.165, 1.54) is 6.92 Å². The minimum absolute atomic E-state index is 0.0223. The van der Waals surface area contributed by atoms with Gasteiger partial charge in [-0.3, -0.25) is 9.69 Å². The first-order valence-corrected chi connectivity index (χ1v) is 6.21. The molecule has 0 aliphatic carbocycles. The molecule has 1 aliphatic heterocycles. The van der Waals surface area contributed by atoms with Crippen LogP contribution < -0.4 is 5.32 Å². The van der Waals surface area contributed by atoms with Crippen LogP contribution in [0, 0.1) is 0 Å². The molecule has 0 radical (unpaired) electrons. The van der Waals surface area contributed by atoms with Gasteiger partial charge in [-0.05, 0) is 6.42 Å². The Labute approximate surface area is 106 Å². The Bertz CT molecular complexity index is 367. The molecule has 1 N–H and O–H groups in total. The number of carbonyl (C=O) groups excluding carboxylic acids is 1. The highest BCUT2D eigenvalue weighted by atomic mass is 16.5. The first kappa shape index (κ1) is 13.0. The number of rotatable bonds is 4. The third-order valence-electron chi connectivity index (χ3n) is 2.89. The molecule has 0 saturated carbocycles. The molecule has 18 heavy (non-hydrogen) atoms. The number of hydrogen-bond acceptors (Lipinski definition) is 5. The predicted octanol–water partition coefficient (Wildman–Crippen LogP) is 0.402. The van der Waals surface area contributed by atoms with Crippen LogP contribution in [0.5, 0.6) is 0 Å². The molecule has 1 aromatic heterocycles. The van der Waals surface area contributed by atoms with Crippen LogP contribution in [-0.2, 0) is 16.1 Å². The molecule has 100 valence electrons. The van der Waals surface area contributed by atoms with Crippen LogP contribution in [0.1, 0.15) is 19.0 Å². The molecular weight excluding hydrogens is 234 g/mol. The van der Waals surface area contributed by atoms with Gasteiger partial charge in [-0.1, -0.05) is 5.16 Å². The summed E-state index contributed by atoms with van der Waals surface area (Å²) < 4.78 is 10.5. The van der Waals surface area contributed by atoms with E-state index >= 15 is 0 Å². The fourth-order valence-corrected chi connectivity index (χ4v) is 2.04. The minimum atomic E-state index is -0.0223. The number of carbonyl (C=O) groups is 1. The van der Waals surface area contributed by atoms with Gasteiger partial charge >= 0.3 is 0 Å². The normalized spacial score (nSPS) is 21.5. The van der Waals surface area contributed by atoms with Crippen molar-refractivity contribution in [2.24, 2.45) is 0 Å². The average molecular weight is 253 g/mol. The minimum Gasteiger partial charge on any atom is -0.375 e.